The Kier molecular flexibility index (Phi) is 5.96. The Labute approximate surface area is 92.6 Å². The summed E-state index contributed by atoms with van der Waals surface area (Å²) in [5.41, 5.74) is 5.17. The molecule has 15 heavy (non-hydrogen) atoms. The number of hydrogen-bond donors (Lipinski definition) is 1. The van der Waals surface area contributed by atoms with Gasteiger partial charge in [0, 0.05) is 6.54 Å². The quantitative estimate of drug-likeness (QED) is 0.870. The largest absolute Gasteiger partial charge is 0.491 e. The normalized spacial score (nSPS) is 9.33. The second kappa shape index (κ2) is 6.42. The van der Waals surface area contributed by atoms with Gasteiger partial charge in [0.25, 0.3) is 0 Å². The molecule has 0 aliphatic rings. The molecule has 0 saturated heterocycles. The minimum atomic E-state index is -0.846. The van der Waals surface area contributed by atoms with Gasteiger partial charge in [-0.05, 0) is 12.1 Å². The van der Waals surface area contributed by atoms with Gasteiger partial charge in [-0.2, -0.15) is 4.39 Å². The highest BCUT2D eigenvalue weighted by Gasteiger charge is 2.14. The van der Waals surface area contributed by atoms with Gasteiger partial charge in [-0.1, -0.05) is 0 Å². The van der Waals surface area contributed by atoms with Crippen LogP contribution in [0.1, 0.15) is 0 Å². The standard InChI is InChI=1S/C9H11F2NO2.ClH/c1-13-9-6(10)2-3-7(8(9)11)14-5-4-12;/h2-3H,4-5,12H2,1H3;1H. The van der Waals surface area contributed by atoms with Gasteiger partial charge in [0.1, 0.15) is 6.61 Å². The Morgan fingerprint density at radius 2 is 2.00 bits per heavy atom. The molecule has 86 valence electrons. The minimum Gasteiger partial charge on any atom is -0.491 e. The number of rotatable bonds is 4. The summed E-state index contributed by atoms with van der Waals surface area (Å²) in [6.07, 6.45) is 0. The molecule has 0 unspecified atom stereocenters. The fraction of sp³-hybridized carbons (Fsp3) is 0.333. The Morgan fingerprint density at radius 3 is 2.53 bits per heavy atom. The number of ether oxygens (including phenoxy) is 2. The molecular formula is C9H12ClF2NO2. The summed E-state index contributed by atoms with van der Waals surface area (Å²) < 4.78 is 35.7. The van der Waals surface area contributed by atoms with Gasteiger partial charge in [0.2, 0.25) is 5.82 Å². The van der Waals surface area contributed by atoms with Crippen molar-refractivity contribution in [1.29, 1.82) is 0 Å². The predicted molar refractivity (Wildman–Crippen MR) is 54.7 cm³/mol. The smallest absolute Gasteiger partial charge is 0.209 e. The average Bonchev–Trinajstić information content (AvgIpc) is 2.18. The van der Waals surface area contributed by atoms with Crippen LogP contribution in [0.15, 0.2) is 12.1 Å². The molecule has 2 N–H and O–H groups in total. The summed E-state index contributed by atoms with van der Waals surface area (Å²) in [5, 5.41) is 0. The van der Waals surface area contributed by atoms with Crippen LogP contribution in [0.5, 0.6) is 11.5 Å². The van der Waals surface area contributed by atoms with Gasteiger partial charge in [0.15, 0.2) is 17.3 Å². The number of benzene rings is 1. The Hall–Kier alpha value is -1.07. The maximum Gasteiger partial charge on any atom is 0.209 e. The number of hydrogen-bond acceptors (Lipinski definition) is 3. The van der Waals surface area contributed by atoms with Crippen molar-refractivity contribution >= 4 is 12.4 Å². The summed E-state index contributed by atoms with van der Waals surface area (Å²) in [7, 11) is 1.19. The van der Waals surface area contributed by atoms with Crippen LogP contribution < -0.4 is 15.2 Å². The van der Waals surface area contributed by atoms with Crippen LogP contribution in [0.2, 0.25) is 0 Å². The van der Waals surface area contributed by atoms with Gasteiger partial charge >= 0.3 is 0 Å². The van der Waals surface area contributed by atoms with Crippen molar-refractivity contribution in [2.75, 3.05) is 20.3 Å². The molecule has 0 aliphatic heterocycles. The zero-order valence-electron chi connectivity index (χ0n) is 8.13. The third kappa shape index (κ3) is 3.21. The molecule has 3 nitrogen and oxygen atoms in total. The van der Waals surface area contributed by atoms with Crippen LogP contribution in [0.25, 0.3) is 0 Å². The molecule has 6 heteroatoms. The predicted octanol–water partition coefficient (Wildman–Crippen LogP) is 1.73. The van der Waals surface area contributed by atoms with Crippen molar-refractivity contribution in [2.24, 2.45) is 5.73 Å². The van der Waals surface area contributed by atoms with E-state index in [0.29, 0.717) is 0 Å². The number of methoxy groups -OCH3 is 1. The third-order valence-electron chi connectivity index (χ3n) is 1.59. The van der Waals surface area contributed by atoms with E-state index in [0.717, 1.165) is 6.07 Å². The first-order valence-corrected chi connectivity index (χ1v) is 4.05. The van der Waals surface area contributed by atoms with E-state index in [1.165, 1.54) is 13.2 Å². The molecule has 0 spiro atoms. The lowest BCUT2D eigenvalue weighted by Crippen LogP contribution is -2.11. The van der Waals surface area contributed by atoms with Crippen molar-refractivity contribution in [3.63, 3.8) is 0 Å². The van der Waals surface area contributed by atoms with E-state index < -0.39 is 17.4 Å². The van der Waals surface area contributed by atoms with E-state index in [1.807, 2.05) is 0 Å². The lowest BCUT2D eigenvalue weighted by atomic mass is 10.3. The molecule has 0 bridgehead atoms. The second-order valence-electron chi connectivity index (χ2n) is 2.53. The topological polar surface area (TPSA) is 44.5 Å². The molecule has 0 amide bonds. The molecule has 0 fully saturated rings. The molecule has 0 heterocycles. The highest BCUT2D eigenvalue weighted by molar-refractivity contribution is 5.85. The van der Waals surface area contributed by atoms with E-state index in [1.54, 1.807) is 0 Å². The Balaban J connectivity index is 0.00000196. The summed E-state index contributed by atoms with van der Waals surface area (Å²) in [5.74, 6) is -2.11. The molecule has 0 aliphatic carbocycles. The van der Waals surface area contributed by atoms with E-state index in [2.05, 4.69) is 4.74 Å². The first kappa shape index (κ1) is 13.9. The van der Waals surface area contributed by atoms with Crippen LogP contribution in [0.4, 0.5) is 8.78 Å². The van der Waals surface area contributed by atoms with Gasteiger partial charge < -0.3 is 15.2 Å². The molecule has 0 saturated carbocycles. The molecule has 0 radical (unpaired) electrons. The van der Waals surface area contributed by atoms with E-state index in [4.69, 9.17) is 10.5 Å². The Bertz CT molecular complexity index is 323. The summed E-state index contributed by atoms with van der Waals surface area (Å²) in [4.78, 5) is 0. The minimum absolute atomic E-state index is 0. The van der Waals surface area contributed by atoms with Crippen LogP contribution >= 0.6 is 12.4 Å². The first-order valence-electron chi connectivity index (χ1n) is 4.05. The summed E-state index contributed by atoms with van der Waals surface area (Å²) >= 11 is 0. The molecule has 1 rings (SSSR count). The maximum atomic E-state index is 13.3. The molecule has 0 aromatic heterocycles. The molecule has 0 atom stereocenters. The monoisotopic (exact) mass is 239 g/mol. The Morgan fingerprint density at radius 1 is 1.33 bits per heavy atom. The second-order valence-corrected chi connectivity index (χ2v) is 2.53. The lowest BCUT2D eigenvalue weighted by Gasteiger charge is -2.09. The zero-order chi connectivity index (χ0) is 10.6. The summed E-state index contributed by atoms with van der Waals surface area (Å²) in [6, 6.07) is 2.27. The lowest BCUT2D eigenvalue weighted by molar-refractivity contribution is 0.294. The van der Waals surface area contributed by atoms with Gasteiger partial charge in [0.05, 0.1) is 7.11 Å². The van der Waals surface area contributed by atoms with Crippen LogP contribution in [-0.2, 0) is 0 Å². The third-order valence-corrected chi connectivity index (χ3v) is 1.59. The van der Waals surface area contributed by atoms with Crippen molar-refractivity contribution in [3.8, 4) is 11.5 Å². The average molecular weight is 240 g/mol. The SMILES string of the molecule is COc1c(F)ccc(OCCN)c1F.Cl. The van der Waals surface area contributed by atoms with Crippen LogP contribution in [0, 0.1) is 11.6 Å². The maximum absolute atomic E-state index is 13.3. The van der Waals surface area contributed by atoms with Crippen molar-refractivity contribution < 1.29 is 18.3 Å². The molecular weight excluding hydrogens is 228 g/mol. The van der Waals surface area contributed by atoms with Crippen LogP contribution in [-0.4, -0.2) is 20.3 Å². The van der Waals surface area contributed by atoms with Gasteiger partial charge in [-0.15, -0.1) is 12.4 Å². The van der Waals surface area contributed by atoms with Crippen LogP contribution in [0.3, 0.4) is 0 Å². The highest BCUT2D eigenvalue weighted by Crippen LogP contribution is 2.28. The highest BCUT2D eigenvalue weighted by atomic mass is 35.5. The van der Waals surface area contributed by atoms with Crippen molar-refractivity contribution in [2.45, 2.75) is 0 Å². The zero-order valence-corrected chi connectivity index (χ0v) is 8.94. The van der Waals surface area contributed by atoms with E-state index >= 15 is 0 Å². The first-order chi connectivity index (χ1) is 6.70. The fourth-order valence-electron chi connectivity index (χ4n) is 0.982. The van der Waals surface area contributed by atoms with E-state index in [9.17, 15) is 8.78 Å². The van der Waals surface area contributed by atoms with Gasteiger partial charge in [-0.3, -0.25) is 0 Å². The fourth-order valence-corrected chi connectivity index (χ4v) is 0.982. The number of nitrogens with two attached hydrogens (primary N) is 1. The van der Waals surface area contributed by atoms with Gasteiger partial charge in [-0.25, -0.2) is 4.39 Å². The van der Waals surface area contributed by atoms with Crippen molar-refractivity contribution in [3.05, 3.63) is 23.8 Å². The summed E-state index contributed by atoms with van der Waals surface area (Å²) in [6.45, 7) is 0.435. The van der Waals surface area contributed by atoms with Crippen molar-refractivity contribution in [1.82, 2.24) is 0 Å². The van der Waals surface area contributed by atoms with E-state index in [-0.39, 0.29) is 31.3 Å². The molecule has 1 aromatic carbocycles. The number of halogens is 3. The molecule has 1 aromatic rings.